The summed E-state index contributed by atoms with van der Waals surface area (Å²) in [7, 11) is -3.12. The van der Waals surface area contributed by atoms with Gasteiger partial charge in [0.1, 0.15) is 0 Å². The van der Waals surface area contributed by atoms with Crippen LogP contribution in [0, 0.1) is 51.2 Å². The molecule has 8 heteroatoms. The molecule has 5 aliphatic carbocycles. The van der Waals surface area contributed by atoms with Crippen LogP contribution in [0.25, 0.3) is 5.57 Å². The summed E-state index contributed by atoms with van der Waals surface area (Å²) in [6.07, 6.45) is 16.1. The normalized spacial score (nSPS) is 44.0. The van der Waals surface area contributed by atoms with Gasteiger partial charge in [-0.2, -0.15) is 4.31 Å². The fourth-order valence-corrected chi connectivity index (χ4v) is 16.3. The fourth-order valence-electron chi connectivity index (χ4n) is 15.2. The van der Waals surface area contributed by atoms with Gasteiger partial charge >= 0.3 is 5.97 Å². The van der Waals surface area contributed by atoms with E-state index in [9.17, 15) is 18.3 Å². The third-order valence-electron chi connectivity index (χ3n) is 17.7. The monoisotopic (exact) mass is 731 g/mol. The molecule has 0 amide bonds. The molecule has 1 aromatic rings. The Morgan fingerprint density at radius 1 is 0.923 bits per heavy atom. The van der Waals surface area contributed by atoms with E-state index in [1.807, 2.05) is 12.1 Å². The van der Waals surface area contributed by atoms with E-state index in [1.165, 1.54) is 74.3 Å². The van der Waals surface area contributed by atoms with Crippen molar-refractivity contribution in [1.82, 2.24) is 14.5 Å². The van der Waals surface area contributed by atoms with Crippen molar-refractivity contribution in [2.45, 2.75) is 123 Å². The molecule has 1 aromatic carbocycles. The Kier molecular flexibility index (Phi) is 8.70. The lowest BCUT2D eigenvalue weighted by Crippen LogP contribution is -2.68. The highest BCUT2D eigenvalue weighted by Crippen LogP contribution is 2.76. The molecule has 2 N–H and O–H groups in total. The van der Waals surface area contributed by atoms with E-state index in [2.05, 4.69) is 64.4 Å². The van der Waals surface area contributed by atoms with E-state index < -0.39 is 16.0 Å². The van der Waals surface area contributed by atoms with Crippen molar-refractivity contribution >= 4 is 21.6 Å². The van der Waals surface area contributed by atoms with Gasteiger partial charge in [0.15, 0.2) is 0 Å². The number of benzene rings is 1. The summed E-state index contributed by atoms with van der Waals surface area (Å²) in [5, 5.41) is 13.8. The van der Waals surface area contributed by atoms with Gasteiger partial charge in [0, 0.05) is 43.8 Å². The van der Waals surface area contributed by atoms with E-state index >= 15 is 0 Å². The number of aromatic carboxylic acids is 1. The van der Waals surface area contributed by atoms with Gasteiger partial charge < -0.3 is 10.4 Å². The molecular formula is C44H65N3O4S. The lowest BCUT2D eigenvalue weighted by atomic mass is 9.33. The second kappa shape index (κ2) is 12.2. The molecule has 286 valence electrons. The maximum Gasteiger partial charge on any atom is 0.335 e. The summed E-state index contributed by atoms with van der Waals surface area (Å²) in [6, 6.07) is 8.11. The number of fused-ring (bicyclic) bond motifs is 9. The van der Waals surface area contributed by atoms with Crippen LogP contribution in [0.2, 0.25) is 0 Å². The van der Waals surface area contributed by atoms with Crippen LogP contribution < -0.4 is 5.32 Å². The lowest BCUT2D eigenvalue weighted by molar-refractivity contribution is -0.219. The average molecular weight is 732 g/mol. The number of piperazine rings is 1. The number of hydrogen-bond donors (Lipinski definition) is 2. The van der Waals surface area contributed by atoms with Crippen molar-refractivity contribution in [2.75, 3.05) is 32.4 Å². The van der Waals surface area contributed by atoms with Crippen LogP contribution in [-0.2, 0) is 10.0 Å². The van der Waals surface area contributed by atoms with Gasteiger partial charge in [-0.25, -0.2) is 13.2 Å². The predicted molar refractivity (Wildman–Crippen MR) is 209 cm³/mol. The number of hydrogen-bond acceptors (Lipinski definition) is 5. The van der Waals surface area contributed by atoms with Gasteiger partial charge in [-0.15, -0.1) is 0 Å². The Hall–Kier alpha value is -2.00. The maximum absolute atomic E-state index is 12.3. The van der Waals surface area contributed by atoms with Crippen molar-refractivity contribution in [3.63, 3.8) is 0 Å². The molecule has 4 saturated carbocycles. The Balaban J connectivity index is 1.03. The van der Waals surface area contributed by atoms with Crippen LogP contribution in [0.1, 0.15) is 122 Å². The highest BCUT2D eigenvalue weighted by atomic mass is 32.2. The number of likely N-dealkylation sites (tertiary alicyclic amines) is 1. The number of nitrogens with zero attached hydrogens (tertiary/aromatic N) is 2. The minimum absolute atomic E-state index is 0.0108. The highest BCUT2D eigenvalue weighted by Gasteiger charge is 2.70. The minimum Gasteiger partial charge on any atom is -0.478 e. The number of carbonyl (C=O) groups is 1. The molecule has 52 heavy (non-hydrogen) atoms. The van der Waals surface area contributed by atoms with Crippen LogP contribution in [0.15, 0.2) is 42.5 Å². The molecule has 11 atom stereocenters. The molecular weight excluding hydrogens is 667 g/mol. The summed E-state index contributed by atoms with van der Waals surface area (Å²) in [5.41, 5.74) is 5.26. The largest absolute Gasteiger partial charge is 0.478 e. The Labute approximate surface area is 314 Å². The number of carboxylic acids is 1. The Morgan fingerprint density at radius 3 is 2.29 bits per heavy atom. The van der Waals surface area contributed by atoms with Gasteiger partial charge in [-0.05, 0) is 146 Å². The number of allylic oxidation sites excluding steroid dienone is 3. The van der Waals surface area contributed by atoms with Gasteiger partial charge in [-0.1, -0.05) is 65.0 Å². The van der Waals surface area contributed by atoms with E-state index in [0.29, 0.717) is 47.7 Å². The zero-order valence-electron chi connectivity index (χ0n) is 33.0. The lowest BCUT2D eigenvalue weighted by Gasteiger charge is -2.72. The summed E-state index contributed by atoms with van der Waals surface area (Å²) in [6.45, 7) is 23.4. The van der Waals surface area contributed by atoms with E-state index in [1.54, 1.807) is 16.4 Å². The number of carboxylic acid groups (broad SMARTS) is 1. The molecule has 2 aliphatic heterocycles. The van der Waals surface area contributed by atoms with Crippen LogP contribution in [-0.4, -0.2) is 78.8 Å². The summed E-state index contributed by atoms with van der Waals surface area (Å²) >= 11 is 0. The number of sulfonamides is 1. The first-order chi connectivity index (χ1) is 24.4. The average Bonchev–Trinajstić information content (AvgIpc) is 3.78. The second-order valence-electron chi connectivity index (χ2n) is 20.1. The van der Waals surface area contributed by atoms with Gasteiger partial charge in [0.2, 0.25) is 10.0 Å². The first-order valence-corrected chi connectivity index (χ1v) is 22.4. The van der Waals surface area contributed by atoms with Crippen molar-refractivity contribution in [3.05, 3.63) is 53.6 Å². The molecule has 7 aliphatic rings. The minimum atomic E-state index is -3.12. The van der Waals surface area contributed by atoms with Crippen LogP contribution in [0.5, 0.6) is 0 Å². The first-order valence-electron chi connectivity index (χ1n) is 20.5. The molecule has 4 unspecified atom stereocenters. The number of rotatable bonds is 8. The van der Waals surface area contributed by atoms with Crippen molar-refractivity contribution in [1.29, 1.82) is 0 Å². The molecule has 6 fully saturated rings. The van der Waals surface area contributed by atoms with E-state index in [0.717, 1.165) is 32.5 Å². The molecule has 0 radical (unpaired) electrons. The van der Waals surface area contributed by atoms with Crippen LogP contribution in [0.4, 0.5) is 0 Å². The molecule has 2 bridgehead atoms. The fraction of sp³-hybridized carbons (Fsp3) is 0.750. The van der Waals surface area contributed by atoms with Crippen molar-refractivity contribution in [3.8, 4) is 0 Å². The molecule has 8 rings (SSSR count). The Bertz CT molecular complexity index is 1770. The maximum atomic E-state index is 12.3. The summed E-state index contributed by atoms with van der Waals surface area (Å²) in [5.74, 6) is 2.26. The summed E-state index contributed by atoms with van der Waals surface area (Å²) < 4.78 is 26.3. The van der Waals surface area contributed by atoms with E-state index in [4.69, 9.17) is 0 Å². The zero-order chi connectivity index (χ0) is 37.2. The summed E-state index contributed by atoms with van der Waals surface area (Å²) in [4.78, 5) is 14.1. The quantitative estimate of drug-likeness (QED) is 0.263. The standard InChI is InChI=1S/C44H65N3O4S/c1-28(2)33-15-20-44(45-23-24-46-26-32-25-31(46)27-47(32)52(8,50)51)22-21-42(6)35(38(33)44)13-14-37-41(5)18-16-34(29-9-11-30(12-10-29)39(48)49)40(3,4)36(41)17-19-43(37,42)7/h9-12,16,31-33,35-38,45H,1,13-15,17-27H2,2-8H3,(H,48,49)/t31?,32-,33-,35+,36?,37?,38?,41-,42+,43+,44-/m0/s1. The smallest absolute Gasteiger partial charge is 0.335 e. The molecule has 0 aromatic heterocycles. The Morgan fingerprint density at radius 2 is 1.65 bits per heavy atom. The molecule has 2 heterocycles. The predicted octanol–water partition coefficient (Wildman–Crippen LogP) is 8.10. The molecule has 7 nitrogen and oxygen atoms in total. The third kappa shape index (κ3) is 5.26. The van der Waals surface area contributed by atoms with Gasteiger partial charge in [-0.3, -0.25) is 4.90 Å². The first kappa shape index (κ1) is 36.9. The highest BCUT2D eigenvalue weighted by molar-refractivity contribution is 7.88. The van der Waals surface area contributed by atoms with Gasteiger partial charge in [0.05, 0.1) is 11.8 Å². The SMILES string of the molecule is C=C(C)[C@@H]1CC[C@]2(NCCN3C[C@@H]4CC3CN4S(C)(=O)=O)CC[C@]3(C)[C@H](CCC4[C@@]5(C)CC=C(c6ccc(C(=O)O)cc6)C(C)(C)C5CC[C@]43C)C12. The van der Waals surface area contributed by atoms with Gasteiger partial charge in [0.25, 0.3) is 0 Å². The van der Waals surface area contributed by atoms with Crippen molar-refractivity contribution < 1.29 is 18.3 Å². The van der Waals surface area contributed by atoms with Crippen LogP contribution in [0.3, 0.4) is 0 Å². The topological polar surface area (TPSA) is 90.0 Å². The second-order valence-corrected chi connectivity index (χ2v) is 22.0. The molecule has 2 saturated heterocycles. The molecule has 0 spiro atoms. The van der Waals surface area contributed by atoms with Crippen molar-refractivity contribution in [2.24, 2.45) is 51.2 Å². The third-order valence-corrected chi connectivity index (χ3v) is 19.0. The number of nitrogens with one attached hydrogen (secondary N) is 1. The van der Waals surface area contributed by atoms with Crippen LogP contribution >= 0.6 is 0 Å². The zero-order valence-corrected chi connectivity index (χ0v) is 33.8. The van der Waals surface area contributed by atoms with E-state index in [-0.39, 0.29) is 33.2 Å².